The number of benzene rings is 1. The monoisotopic (exact) mass is 513 g/mol. The fourth-order valence-corrected chi connectivity index (χ4v) is 3.70. The normalized spacial score (nSPS) is 13.1. The van der Waals surface area contributed by atoms with Crippen LogP contribution in [0.5, 0.6) is 0 Å². The molecule has 0 unspecified atom stereocenters. The molecule has 0 aliphatic heterocycles. The van der Waals surface area contributed by atoms with Crippen molar-refractivity contribution in [3.63, 3.8) is 0 Å². The summed E-state index contributed by atoms with van der Waals surface area (Å²) in [6.45, 7) is 0. The van der Waals surface area contributed by atoms with Gasteiger partial charge in [0, 0.05) is 11.6 Å². The highest BCUT2D eigenvalue weighted by atomic mass is 19.4. The molecule has 0 saturated carbocycles. The third kappa shape index (κ3) is 4.12. The first-order chi connectivity index (χ1) is 16.8. The minimum absolute atomic E-state index is 0.0240. The van der Waals surface area contributed by atoms with Crippen LogP contribution in [0, 0.1) is 0 Å². The Kier molecular flexibility index (Phi) is 5.23. The Morgan fingerprint density at radius 1 is 0.861 bits per heavy atom. The number of halogens is 8. The predicted molar refractivity (Wildman–Crippen MR) is 109 cm³/mol. The molecule has 5 rings (SSSR count). The molecule has 0 saturated heterocycles. The molecule has 186 valence electrons. The van der Waals surface area contributed by atoms with Crippen molar-refractivity contribution >= 4 is 16.7 Å². The van der Waals surface area contributed by atoms with Crippen LogP contribution in [0.1, 0.15) is 11.3 Å². The fourth-order valence-electron chi connectivity index (χ4n) is 3.70. The molecule has 0 aliphatic rings. The van der Waals surface area contributed by atoms with E-state index in [1.807, 2.05) is 0 Å². The Bertz CT molecular complexity index is 1550. The average Bonchev–Trinajstić information content (AvgIpc) is 3.47. The minimum Gasteiger partial charge on any atom is -0.422 e. The number of nitrogens with zero attached hydrogens (tertiary/aromatic N) is 5. The summed E-state index contributed by atoms with van der Waals surface area (Å²) < 4.78 is 113. The maximum Gasteiger partial charge on any atom is 0.459 e. The van der Waals surface area contributed by atoms with Crippen LogP contribution in [0.4, 0.5) is 35.1 Å². The summed E-state index contributed by atoms with van der Waals surface area (Å²) in [5.74, 6) is -5.34. The molecular formula is C22H11F8N5O. The lowest BCUT2D eigenvalue weighted by atomic mass is 9.98. The first-order valence-electron chi connectivity index (χ1n) is 10.0. The van der Waals surface area contributed by atoms with E-state index in [1.165, 1.54) is 34.9 Å². The molecule has 0 aliphatic carbocycles. The number of fused-ring (bicyclic) bond motifs is 3. The number of aromatic nitrogens is 5. The van der Waals surface area contributed by atoms with Gasteiger partial charge in [0.25, 0.3) is 5.89 Å². The van der Waals surface area contributed by atoms with E-state index in [0.717, 1.165) is 18.5 Å². The van der Waals surface area contributed by atoms with E-state index in [4.69, 9.17) is 4.42 Å². The molecule has 0 fully saturated rings. The van der Waals surface area contributed by atoms with Crippen LogP contribution in [0.3, 0.4) is 0 Å². The van der Waals surface area contributed by atoms with Gasteiger partial charge in [-0.15, -0.1) is 10.2 Å². The van der Waals surface area contributed by atoms with Gasteiger partial charge in [0.05, 0.1) is 6.42 Å². The average molecular weight is 513 g/mol. The first-order valence-corrected chi connectivity index (χ1v) is 10.0. The maximum atomic E-state index is 14.4. The van der Waals surface area contributed by atoms with Crippen LogP contribution in [-0.4, -0.2) is 36.9 Å². The molecule has 0 radical (unpaired) electrons. The van der Waals surface area contributed by atoms with Crippen molar-refractivity contribution in [3.8, 4) is 22.7 Å². The summed E-state index contributed by atoms with van der Waals surface area (Å²) in [7, 11) is 0. The summed E-state index contributed by atoms with van der Waals surface area (Å²) in [6, 6.07) is 8.14. The van der Waals surface area contributed by atoms with Gasteiger partial charge in [0.1, 0.15) is 22.7 Å². The van der Waals surface area contributed by atoms with Crippen LogP contribution in [0.15, 0.2) is 59.5 Å². The van der Waals surface area contributed by atoms with Gasteiger partial charge in [-0.25, -0.2) is 9.97 Å². The molecule has 0 N–H and O–H groups in total. The van der Waals surface area contributed by atoms with Crippen molar-refractivity contribution in [2.75, 3.05) is 0 Å². The van der Waals surface area contributed by atoms with E-state index in [0.29, 0.717) is 6.07 Å². The van der Waals surface area contributed by atoms with E-state index in [2.05, 4.69) is 20.2 Å². The minimum atomic E-state index is -5.95. The summed E-state index contributed by atoms with van der Waals surface area (Å²) in [5, 5.41) is 7.35. The highest BCUT2D eigenvalue weighted by Crippen LogP contribution is 2.45. The van der Waals surface area contributed by atoms with Crippen LogP contribution in [0.25, 0.3) is 39.4 Å². The molecule has 14 heteroatoms. The molecule has 6 nitrogen and oxygen atoms in total. The number of hydrogen-bond acceptors (Lipinski definition) is 5. The van der Waals surface area contributed by atoms with Crippen LogP contribution >= 0.6 is 0 Å². The van der Waals surface area contributed by atoms with Gasteiger partial charge in [0.15, 0.2) is 0 Å². The second-order valence-electron chi connectivity index (χ2n) is 7.78. The smallest absolute Gasteiger partial charge is 0.422 e. The van der Waals surface area contributed by atoms with E-state index in [1.54, 1.807) is 0 Å². The Morgan fingerprint density at radius 2 is 1.58 bits per heavy atom. The molecule has 4 heterocycles. The van der Waals surface area contributed by atoms with Crippen molar-refractivity contribution in [1.29, 1.82) is 0 Å². The molecular weight excluding hydrogens is 502 g/mol. The molecule has 0 atom stereocenters. The quantitative estimate of drug-likeness (QED) is 0.262. The molecule has 0 amide bonds. The Hall–Kier alpha value is -4.10. The van der Waals surface area contributed by atoms with Crippen LogP contribution in [-0.2, 0) is 12.3 Å². The molecule has 5 aromatic rings. The number of rotatable bonds is 4. The molecule has 4 aromatic heterocycles. The van der Waals surface area contributed by atoms with E-state index in [9.17, 15) is 35.1 Å². The van der Waals surface area contributed by atoms with Gasteiger partial charge >= 0.3 is 18.3 Å². The summed E-state index contributed by atoms with van der Waals surface area (Å²) in [5.41, 5.74) is -1.70. The van der Waals surface area contributed by atoms with E-state index < -0.39 is 30.4 Å². The van der Waals surface area contributed by atoms with Crippen molar-refractivity contribution < 1.29 is 39.5 Å². The lowest BCUT2D eigenvalue weighted by Gasteiger charge is -2.21. The second kappa shape index (κ2) is 7.96. The number of imidazole rings is 1. The zero-order valence-electron chi connectivity index (χ0n) is 17.6. The van der Waals surface area contributed by atoms with Gasteiger partial charge < -0.3 is 4.42 Å². The lowest BCUT2D eigenvalue weighted by Crippen LogP contribution is -2.34. The van der Waals surface area contributed by atoms with Crippen LogP contribution in [0.2, 0.25) is 0 Å². The summed E-state index contributed by atoms with van der Waals surface area (Å²) in [6.07, 6.45) is -9.34. The van der Waals surface area contributed by atoms with Gasteiger partial charge in [0.2, 0.25) is 6.39 Å². The highest BCUT2D eigenvalue weighted by molar-refractivity contribution is 5.94. The topological polar surface area (TPSA) is 69.1 Å². The van der Waals surface area contributed by atoms with Gasteiger partial charge in [-0.2, -0.15) is 35.1 Å². The Labute approximate surface area is 195 Å². The standard InChI is InChI=1S/C22H11F8N5O/c23-20(24,25)8-11-1-3-12(4-2-11)14-7-16(21(26,27)22(28,29)30)33-18-13(14)5-6-17-32-15(9-35(17)18)19-34-31-10-36-19/h1-7,9-10H,8H2. The maximum absolute atomic E-state index is 14.4. The molecule has 36 heavy (non-hydrogen) atoms. The Morgan fingerprint density at radius 3 is 2.19 bits per heavy atom. The van der Waals surface area contributed by atoms with E-state index in [-0.39, 0.29) is 45.0 Å². The van der Waals surface area contributed by atoms with Gasteiger partial charge in [-0.3, -0.25) is 4.40 Å². The number of hydrogen-bond donors (Lipinski definition) is 0. The third-order valence-corrected chi connectivity index (χ3v) is 5.33. The van der Waals surface area contributed by atoms with Crippen LogP contribution < -0.4 is 0 Å². The first kappa shape index (κ1) is 23.6. The zero-order valence-corrected chi connectivity index (χ0v) is 17.6. The summed E-state index contributed by atoms with van der Waals surface area (Å²) in [4.78, 5) is 7.83. The molecule has 0 bridgehead atoms. The zero-order chi connectivity index (χ0) is 25.9. The van der Waals surface area contributed by atoms with E-state index >= 15 is 0 Å². The number of alkyl halides is 8. The predicted octanol–water partition coefficient (Wildman–Crippen LogP) is 6.36. The van der Waals surface area contributed by atoms with Crippen molar-refractivity contribution in [3.05, 3.63) is 66.3 Å². The lowest BCUT2D eigenvalue weighted by molar-refractivity contribution is -0.290. The largest absolute Gasteiger partial charge is 0.459 e. The van der Waals surface area contributed by atoms with Crippen molar-refractivity contribution in [2.45, 2.75) is 24.7 Å². The third-order valence-electron chi connectivity index (χ3n) is 5.33. The summed E-state index contributed by atoms with van der Waals surface area (Å²) >= 11 is 0. The molecule has 1 aromatic carbocycles. The SMILES string of the molecule is FC(F)(F)Cc1ccc(-c2cc(C(F)(F)C(F)(F)F)nc3c2ccc2nc(-c4nnco4)cn23)cc1. The van der Waals surface area contributed by atoms with Crippen molar-refractivity contribution in [1.82, 2.24) is 24.6 Å². The van der Waals surface area contributed by atoms with Gasteiger partial charge in [-0.1, -0.05) is 24.3 Å². The Balaban J connectivity index is 1.75. The fraction of sp³-hybridized carbons (Fsp3) is 0.182. The van der Waals surface area contributed by atoms with Crippen molar-refractivity contribution in [2.24, 2.45) is 0 Å². The highest BCUT2D eigenvalue weighted by Gasteiger charge is 2.60. The second-order valence-corrected chi connectivity index (χ2v) is 7.78. The number of pyridine rings is 2. The molecule has 0 spiro atoms. The van der Waals surface area contributed by atoms with Gasteiger partial charge in [-0.05, 0) is 34.9 Å².